The van der Waals surface area contributed by atoms with Gasteiger partial charge in [-0.2, -0.15) is 4.52 Å². The zero-order valence-corrected chi connectivity index (χ0v) is 15.1. The first kappa shape index (κ1) is 15.8. The van der Waals surface area contributed by atoms with Gasteiger partial charge in [0.15, 0.2) is 5.82 Å². The Labute approximate surface area is 159 Å². The average Bonchev–Trinajstić information content (AvgIpc) is 3.27. The highest BCUT2D eigenvalue weighted by molar-refractivity contribution is 7.20. The van der Waals surface area contributed by atoms with Crippen molar-refractivity contribution < 1.29 is 4.74 Å². The molecule has 0 saturated heterocycles. The Hall–Kier alpha value is -3.45. The van der Waals surface area contributed by atoms with E-state index in [-0.39, 0.29) is 0 Å². The lowest BCUT2D eigenvalue weighted by Gasteiger charge is -2.05. The highest BCUT2D eigenvalue weighted by Crippen LogP contribution is 2.24. The summed E-state index contributed by atoms with van der Waals surface area (Å²) >= 11 is 1.45. The molecule has 5 rings (SSSR count). The van der Waals surface area contributed by atoms with Gasteiger partial charge in [0.05, 0.1) is 0 Å². The van der Waals surface area contributed by atoms with Crippen LogP contribution >= 0.6 is 11.3 Å². The van der Waals surface area contributed by atoms with E-state index in [9.17, 15) is 0 Å². The van der Waals surface area contributed by atoms with E-state index in [1.54, 1.807) is 4.52 Å². The largest absolute Gasteiger partial charge is 0.486 e. The predicted octanol–water partition coefficient (Wildman–Crippen LogP) is 4.66. The summed E-state index contributed by atoms with van der Waals surface area (Å²) in [5.41, 5.74) is 0.983. The minimum Gasteiger partial charge on any atom is -0.486 e. The molecule has 5 aromatic rings. The van der Waals surface area contributed by atoms with Crippen LogP contribution < -0.4 is 10.1 Å². The van der Waals surface area contributed by atoms with E-state index < -0.39 is 0 Å². The summed E-state index contributed by atoms with van der Waals surface area (Å²) in [5, 5.41) is 19.3. The Morgan fingerprint density at radius 2 is 1.70 bits per heavy atom. The van der Waals surface area contributed by atoms with Crippen molar-refractivity contribution in [1.29, 1.82) is 0 Å². The van der Waals surface area contributed by atoms with Gasteiger partial charge in [0, 0.05) is 5.69 Å². The molecule has 0 bridgehead atoms. The maximum Gasteiger partial charge on any atom is 0.236 e. The van der Waals surface area contributed by atoms with Gasteiger partial charge in [-0.15, -0.1) is 15.3 Å². The van der Waals surface area contributed by atoms with Crippen LogP contribution in [0.3, 0.4) is 0 Å². The molecule has 0 amide bonds. The highest BCUT2D eigenvalue weighted by atomic mass is 32.1. The second-order valence-electron chi connectivity index (χ2n) is 6.01. The van der Waals surface area contributed by atoms with Crippen molar-refractivity contribution >= 4 is 37.9 Å². The third-order valence-electron chi connectivity index (χ3n) is 4.17. The molecule has 0 aliphatic carbocycles. The number of ether oxygens (including phenoxy) is 1. The van der Waals surface area contributed by atoms with Crippen molar-refractivity contribution in [2.24, 2.45) is 0 Å². The molecule has 6 nitrogen and oxygen atoms in total. The number of nitrogens with zero attached hydrogens (tertiary/aromatic N) is 4. The van der Waals surface area contributed by atoms with Crippen molar-refractivity contribution in [3.8, 4) is 5.75 Å². The first-order valence-electron chi connectivity index (χ1n) is 8.50. The average molecular weight is 373 g/mol. The molecule has 0 fully saturated rings. The molecule has 132 valence electrons. The second-order valence-corrected chi connectivity index (χ2v) is 6.96. The predicted molar refractivity (Wildman–Crippen MR) is 107 cm³/mol. The molecule has 0 aliphatic heterocycles. The zero-order chi connectivity index (χ0) is 18.1. The fourth-order valence-corrected chi connectivity index (χ4v) is 3.63. The molecule has 0 saturated carbocycles. The lowest BCUT2D eigenvalue weighted by molar-refractivity contribution is 0.293. The molecule has 3 aromatic carbocycles. The van der Waals surface area contributed by atoms with Gasteiger partial charge in [-0.05, 0) is 35.0 Å². The Kier molecular flexibility index (Phi) is 3.91. The number of benzene rings is 3. The zero-order valence-electron chi connectivity index (χ0n) is 14.2. The van der Waals surface area contributed by atoms with Crippen molar-refractivity contribution in [2.45, 2.75) is 6.61 Å². The number of nitrogens with one attached hydrogen (secondary N) is 1. The van der Waals surface area contributed by atoms with Crippen LogP contribution in [0, 0.1) is 0 Å². The number of aromatic nitrogens is 4. The fourth-order valence-electron chi connectivity index (χ4n) is 2.85. The number of hydrogen-bond donors (Lipinski definition) is 1. The molecule has 7 heteroatoms. The van der Waals surface area contributed by atoms with Gasteiger partial charge in [-0.25, -0.2) is 0 Å². The van der Waals surface area contributed by atoms with Crippen LogP contribution in [0.2, 0.25) is 0 Å². The minimum atomic E-state index is 0.300. The number of fused-ring (bicyclic) bond motifs is 2. The highest BCUT2D eigenvalue weighted by Gasteiger charge is 2.12. The lowest BCUT2D eigenvalue weighted by atomic mass is 10.1. The van der Waals surface area contributed by atoms with Crippen LogP contribution in [0.1, 0.15) is 5.82 Å². The molecular formula is C20H15N5OS. The van der Waals surface area contributed by atoms with Gasteiger partial charge in [0.2, 0.25) is 10.1 Å². The van der Waals surface area contributed by atoms with Gasteiger partial charge in [-0.3, -0.25) is 0 Å². The van der Waals surface area contributed by atoms with Crippen molar-refractivity contribution in [3.63, 3.8) is 0 Å². The summed E-state index contributed by atoms with van der Waals surface area (Å²) in [7, 11) is 0. The van der Waals surface area contributed by atoms with Gasteiger partial charge in [-0.1, -0.05) is 59.9 Å². The van der Waals surface area contributed by atoms with E-state index in [2.05, 4.69) is 38.8 Å². The van der Waals surface area contributed by atoms with Gasteiger partial charge in [0.25, 0.3) is 0 Å². The lowest BCUT2D eigenvalue weighted by Crippen LogP contribution is -2.02. The molecule has 0 radical (unpaired) electrons. The Morgan fingerprint density at radius 3 is 2.59 bits per heavy atom. The number of rotatable bonds is 5. The second kappa shape index (κ2) is 6.69. The quantitative estimate of drug-likeness (QED) is 0.485. The van der Waals surface area contributed by atoms with Crippen LogP contribution in [0.5, 0.6) is 5.75 Å². The number of hydrogen-bond acceptors (Lipinski definition) is 6. The monoisotopic (exact) mass is 373 g/mol. The van der Waals surface area contributed by atoms with Crippen LogP contribution in [-0.4, -0.2) is 19.8 Å². The number of anilines is 2. The summed E-state index contributed by atoms with van der Waals surface area (Å²) in [5.74, 6) is 1.46. The topological polar surface area (TPSA) is 64.3 Å². The van der Waals surface area contributed by atoms with Crippen molar-refractivity contribution in [3.05, 3.63) is 78.6 Å². The van der Waals surface area contributed by atoms with Crippen molar-refractivity contribution in [2.75, 3.05) is 5.32 Å². The summed E-state index contributed by atoms with van der Waals surface area (Å²) in [6.07, 6.45) is 0. The van der Waals surface area contributed by atoms with Crippen LogP contribution in [0.4, 0.5) is 10.8 Å². The maximum atomic E-state index is 5.92. The third-order valence-corrected chi connectivity index (χ3v) is 4.98. The Bertz CT molecular complexity index is 1210. The molecule has 2 heterocycles. The van der Waals surface area contributed by atoms with Crippen LogP contribution in [0.15, 0.2) is 72.8 Å². The Morgan fingerprint density at radius 1 is 0.889 bits per heavy atom. The van der Waals surface area contributed by atoms with Crippen LogP contribution in [0.25, 0.3) is 15.7 Å². The molecule has 0 unspecified atom stereocenters. The van der Waals surface area contributed by atoms with E-state index in [0.717, 1.165) is 26.9 Å². The molecule has 0 aliphatic rings. The number of para-hydroxylation sites is 1. The van der Waals surface area contributed by atoms with Crippen molar-refractivity contribution in [1.82, 2.24) is 19.8 Å². The summed E-state index contributed by atoms with van der Waals surface area (Å²) in [6.45, 7) is 0.300. The molecule has 0 atom stereocenters. The first-order valence-corrected chi connectivity index (χ1v) is 9.32. The molecular weight excluding hydrogens is 358 g/mol. The van der Waals surface area contributed by atoms with E-state index in [4.69, 9.17) is 4.74 Å². The maximum absolute atomic E-state index is 5.92. The molecule has 27 heavy (non-hydrogen) atoms. The molecule has 2 aromatic heterocycles. The van der Waals surface area contributed by atoms with E-state index in [1.807, 2.05) is 54.6 Å². The summed E-state index contributed by atoms with van der Waals surface area (Å²) < 4.78 is 7.63. The third kappa shape index (κ3) is 3.20. The molecule has 0 spiro atoms. The summed E-state index contributed by atoms with van der Waals surface area (Å²) in [6, 6.07) is 24.2. The normalized spacial score (nSPS) is 11.1. The van der Waals surface area contributed by atoms with Gasteiger partial charge < -0.3 is 10.1 Å². The first-order chi connectivity index (χ1) is 13.3. The smallest absolute Gasteiger partial charge is 0.236 e. The van der Waals surface area contributed by atoms with E-state index in [1.165, 1.54) is 16.7 Å². The van der Waals surface area contributed by atoms with E-state index in [0.29, 0.717) is 12.4 Å². The van der Waals surface area contributed by atoms with Gasteiger partial charge >= 0.3 is 0 Å². The molecule has 1 N–H and O–H groups in total. The summed E-state index contributed by atoms with van der Waals surface area (Å²) in [4.78, 5) is 0.727. The van der Waals surface area contributed by atoms with Crippen LogP contribution in [-0.2, 0) is 6.61 Å². The standard InChI is InChI=1S/C20H15N5OS/c1-2-8-16(9-3-1)21-19-24-25-18(22-23-20(25)27-19)13-26-17-11-10-14-6-4-5-7-15(14)12-17/h1-12H,13H2,(H,21,24). The fraction of sp³-hybridized carbons (Fsp3) is 0.0500. The minimum absolute atomic E-state index is 0.300. The Balaban J connectivity index is 1.35. The SMILES string of the molecule is c1ccc(Nc2nn3c(COc4ccc5ccccc5c4)nnc3s2)cc1. The van der Waals surface area contributed by atoms with Gasteiger partial charge in [0.1, 0.15) is 12.4 Å². The van der Waals surface area contributed by atoms with E-state index >= 15 is 0 Å².